The molecule has 0 radical (unpaired) electrons. The molecule has 0 N–H and O–H groups in total. The summed E-state index contributed by atoms with van der Waals surface area (Å²) < 4.78 is 18.6. The van der Waals surface area contributed by atoms with Crippen molar-refractivity contribution in [1.82, 2.24) is 14.6 Å². The smallest absolute Gasteiger partial charge is 0.296 e. The number of ether oxygens (including phenoxy) is 3. The number of rotatable bonds is 12. The van der Waals surface area contributed by atoms with Crippen LogP contribution in [0, 0.1) is 0 Å². The van der Waals surface area contributed by atoms with E-state index >= 15 is 0 Å². The summed E-state index contributed by atoms with van der Waals surface area (Å²) in [6.45, 7) is 5.47. The standard InChI is InChI=1S/C28H31N3O5S/c1-4-6-7-15-36-23-13-10-20(17-24(23)34-3)18-25-27(33)31-28(37-25)29-26(32)22(30-31)16-19-8-11-21(12-9-19)35-14-5-2/h8-13,17-18H,4-7,14-16H2,1-3H3/b25-18+. The number of thiazole rings is 1. The number of fused-ring (bicyclic) bond motifs is 1. The van der Waals surface area contributed by atoms with Crippen LogP contribution in [0.15, 0.2) is 52.1 Å². The summed E-state index contributed by atoms with van der Waals surface area (Å²) in [6.07, 6.45) is 6.16. The van der Waals surface area contributed by atoms with E-state index in [1.54, 1.807) is 13.2 Å². The molecule has 0 atom stereocenters. The molecule has 0 aliphatic heterocycles. The molecular formula is C28H31N3O5S. The molecule has 9 heteroatoms. The van der Waals surface area contributed by atoms with Gasteiger partial charge in [-0.3, -0.25) is 9.59 Å². The van der Waals surface area contributed by atoms with Gasteiger partial charge in [0.05, 0.1) is 24.9 Å². The molecule has 4 rings (SSSR count). The maximum atomic E-state index is 13.1. The molecule has 2 aromatic heterocycles. The van der Waals surface area contributed by atoms with Crippen molar-refractivity contribution < 1.29 is 14.2 Å². The number of nitrogens with zero attached hydrogens (tertiary/aromatic N) is 3. The largest absolute Gasteiger partial charge is 0.494 e. The molecule has 0 bridgehead atoms. The fraction of sp³-hybridized carbons (Fsp3) is 0.357. The minimum absolute atomic E-state index is 0.215. The Hall–Kier alpha value is -3.72. The molecule has 0 saturated heterocycles. The lowest BCUT2D eigenvalue weighted by Gasteiger charge is -2.11. The van der Waals surface area contributed by atoms with E-state index in [0.29, 0.717) is 29.2 Å². The van der Waals surface area contributed by atoms with Gasteiger partial charge in [-0.05, 0) is 54.3 Å². The second kappa shape index (κ2) is 12.5. The van der Waals surface area contributed by atoms with Crippen LogP contribution in [0.4, 0.5) is 0 Å². The van der Waals surface area contributed by atoms with Crippen LogP contribution in [-0.4, -0.2) is 34.9 Å². The molecule has 194 valence electrons. The molecule has 0 aliphatic carbocycles. The predicted octanol–water partition coefficient (Wildman–Crippen LogP) is 4.02. The number of hydrogen-bond donors (Lipinski definition) is 0. The van der Waals surface area contributed by atoms with Gasteiger partial charge >= 0.3 is 0 Å². The van der Waals surface area contributed by atoms with E-state index in [2.05, 4.69) is 17.0 Å². The van der Waals surface area contributed by atoms with Crippen molar-refractivity contribution in [3.8, 4) is 17.2 Å². The first-order valence-electron chi connectivity index (χ1n) is 12.5. The second-order valence-electron chi connectivity index (χ2n) is 8.61. The van der Waals surface area contributed by atoms with E-state index in [9.17, 15) is 9.59 Å². The highest BCUT2D eigenvalue weighted by atomic mass is 32.1. The highest BCUT2D eigenvalue weighted by Gasteiger charge is 2.12. The maximum absolute atomic E-state index is 13.1. The average molecular weight is 522 g/mol. The Balaban J connectivity index is 1.59. The zero-order chi connectivity index (χ0) is 26.2. The van der Waals surface area contributed by atoms with Crippen molar-refractivity contribution in [1.29, 1.82) is 0 Å². The molecule has 2 aromatic carbocycles. The number of unbranched alkanes of at least 4 members (excludes halogenated alkanes) is 2. The van der Waals surface area contributed by atoms with Crippen molar-refractivity contribution in [2.45, 2.75) is 46.0 Å². The van der Waals surface area contributed by atoms with Gasteiger partial charge in [-0.2, -0.15) is 14.6 Å². The maximum Gasteiger partial charge on any atom is 0.296 e. The number of aromatic nitrogens is 3. The van der Waals surface area contributed by atoms with Crippen LogP contribution in [0.5, 0.6) is 17.2 Å². The highest BCUT2D eigenvalue weighted by molar-refractivity contribution is 7.15. The Bertz CT molecular complexity index is 1510. The SMILES string of the molecule is CCCCCOc1ccc(/C=c2/sc3nc(=O)c(Cc4ccc(OCCC)cc4)nn3c2=O)cc1OC. The lowest BCUT2D eigenvalue weighted by atomic mass is 10.1. The molecule has 0 spiro atoms. The molecule has 4 aromatic rings. The minimum Gasteiger partial charge on any atom is -0.494 e. The highest BCUT2D eigenvalue weighted by Crippen LogP contribution is 2.28. The Labute approximate surface area is 219 Å². The van der Waals surface area contributed by atoms with Gasteiger partial charge in [-0.25, -0.2) is 0 Å². The van der Waals surface area contributed by atoms with E-state index in [-0.39, 0.29) is 22.6 Å². The van der Waals surface area contributed by atoms with Crippen molar-refractivity contribution in [3.05, 3.63) is 84.5 Å². The predicted molar refractivity (Wildman–Crippen MR) is 145 cm³/mol. The Morgan fingerprint density at radius 1 is 0.946 bits per heavy atom. The molecule has 0 aliphatic rings. The topological polar surface area (TPSA) is 92.0 Å². The summed E-state index contributed by atoms with van der Waals surface area (Å²) in [7, 11) is 1.59. The lowest BCUT2D eigenvalue weighted by Crippen LogP contribution is -2.28. The Morgan fingerprint density at radius 2 is 1.76 bits per heavy atom. The summed E-state index contributed by atoms with van der Waals surface area (Å²) in [5, 5.41) is 4.34. The van der Waals surface area contributed by atoms with E-state index in [4.69, 9.17) is 14.2 Å². The molecule has 0 fully saturated rings. The number of benzene rings is 2. The summed E-state index contributed by atoms with van der Waals surface area (Å²) in [5.74, 6) is 2.03. The van der Waals surface area contributed by atoms with Crippen molar-refractivity contribution >= 4 is 22.4 Å². The molecule has 0 unspecified atom stereocenters. The van der Waals surface area contributed by atoms with Crippen molar-refractivity contribution in [2.75, 3.05) is 20.3 Å². The van der Waals surface area contributed by atoms with E-state index < -0.39 is 5.56 Å². The Morgan fingerprint density at radius 3 is 2.49 bits per heavy atom. The third kappa shape index (κ3) is 6.54. The average Bonchev–Trinajstić information content (AvgIpc) is 3.20. The second-order valence-corrected chi connectivity index (χ2v) is 9.62. The quantitative estimate of drug-likeness (QED) is 0.260. The van der Waals surface area contributed by atoms with E-state index in [1.807, 2.05) is 49.4 Å². The van der Waals surface area contributed by atoms with Crippen LogP contribution in [0.2, 0.25) is 0 Å². The van der Waals surface area contributed by atoms with Gasteiger partial charge in [0.15, 0.2) is 11.5 Å². The first-order chi connectivity index (χ1) is 18.0. The van der Waals surface area contributed by atoms with Crippen molar-refractivity contribution in [3.63, 3.8) is 0 Å². The van der Waals surface area contributed by atoms with Crippen LogP contribution < -0.4 is 29.9 Å². The minimum atomic E-state index is -0.439. The fourth-order valence-corrected chi connectivity index (χ4v) is 4.65. The number of hydrogen-bond acceptors (Lipinski definition) is 8. The van der Waals surface area contributed by atoms with Crippen LogP contribution in [0.25, 0.3) is 11.0 Å². The van der Waals surface area contributed by atoms with Gasteiger partial charge in [-0.15, -0.1) is 0 Å². The summed E-state index contributed by atoms with van der Waals surface area (Å²) in [5.41, 5.74) is 1.11. The van der Waals surface area contributed by atoms with Crippen molar-refractivity contribution in [2.24, 2.45) is 0 Å². The molecule has 0 amide bonds. The number of methoxy groups -OCH3 is 1. The van der Waals surface area contributed by atoms with Gasteiger partial charge < -0.3 is 14.2 Å². The lowest BCUT2D eigenvalue weighted by molar-refractivity contribution is 0.286. The third-order valence-corrected chi connectivity index (χ3v) is 6.67. The van der Waals surface area contributed by atoms with Gasteiger partial charge in [0.1, 0.15) is 11.4 Å². The fourth-order valence-electron chi connectivity index (χ4n) is 3.75. The van der Waals surface area contributed by atoms with Gasteiger partial charge in [0, 0.05) is 6.42 Å². The zero-order valence-electron chi connectivity index (χ0n) is 21.4. The third-order valence-electron chi connectivity index (χ3n) is 5.71. The molecule has 0 saturated carbocycles. The van der Waals surface area contributed by atoms with Crippen LogP contribution in [-0.2, 0) is 6.42 Å². The van der Waals surface area contributed by atoms with E-state index in [1.165, 1.54) is 4.52 Å². The Kier molecular flexibility index (Phi) is 8.90. The summed E-state index contributed by atoms with van der Waals surface area (Å²) in [4.78, 5) is 30.1. The summed E-state index contributed by atoms with van der Waals surface area (Å²) >= 11 is 1.13. The van der Waals surface area contributed by atoms with Crippen LogP contribution in [0.1, 0.15) is 56.4 Å². The van der Waals surface area contributed by atoms with Gasteiger partial charge in [-0.1, -0.05) is 56.2 Å². The van der Waals surface area contributed by atoms with Gasteiger partial charge in [0.2, 0.25) is 4.96 Å². The normalized spacial score (nSPS) is 11.7. The summed E-state index contributed by atoms with van der Waals surface area (Å²) in [6, 6.07) is 13.0. The first kappa shape index (κ1) is 26.3. The monoisotopic (exact) mass is 521 g/mol. The first-order valence-corrected chi connectivity index (χ1v) is 13.3. The van der Waals surface area contributed by atoms with Crippen LogP contribution in [0.3, 0.4) is 0 Å². The van der Waals surface area contributed by atoms with Gasteiger partial charge in [0.25, 0.3) is 11.1 Å². The van der Waals surface area contributed by atoms with Crippen LogP contribution >= 0.6 is 11.3 Å². The zero-order valence-corrected chi connectivity index (χ0v) is 22.2. The molecule has 8 nitrogen and oxygen atoms in total. The molecular weight excluding hydrogens is 490 g/mol. The van der Waals surface area contributed by atoms with E-state index in [0.717, 1.165) is 53.9 Å². The molecule has 37 heavy (non-hydrogen) atoms. The molecule has 2 heterocycles.